The van der Waals surface area contributed by atoms with Crippen molar-refractivity contribution in [2.45, 2.75) is 56.8 Å². The maximum absolute atomic E-state index is 13.8. The number of fused-ring (bicyclic) bond motifs is 1. The third-order valence-corrected chi connectivity index (χ3v) is 8.57. The lowest BCUT2D eigenvalue weighted by Gasteiger charge is -2.27. The van der Waals surface area contributed by atoms with Crippen LogP contribution >= 0.6 is 0 Å². The quantitative estimate of drug-likeness (QED) is 0.457. The average molecular weight is 508 g/mol. The second-order valence-corrected chi connectivity index (χ2v) is 11.5. The fraction of sp³-hybridized carbons (Fsp3) is 0.345. The molecule has 0 atom stereocenters. The van der Waals surface area contributed by atoms with Crippen LogP contribution in [0.1, 0.15) is 57.4 Å². The highest BCUT2D eigenvalue weighted by atomic mass is 32.2. The third-order valence-electron chi connectivity index (χ3n) is 6.78. The monoisotopic (exact) mass is 507 g/mol. The number of carboxylic acid groups (broad SMARTS) is 1. The van der Waals surface area contributed by atoms with Crippen molar-refractivity contribution in [3.63, 3.8) is 0 Å². The topological polar surface area (TPSA) is 83.9 Å². The lowest BCUT2D eigenvalue weighted by atomic mass is 9.94. The molecular weight excluding hydrogens is 474 g/mol. The van der Waals surface area contributed by atoms with Crippen LogP contribution in [-0.2, 0) is 19.6 Å². The molecule has 0 saturated carbocycles. The Labute approximate surface area is 213 Å². The lowest BCUT2D eigenvalue weighted by molar-refractivity contribution is -0.140. The van der Waals surface area contributed by atoms with Gasteiger partial charge in [0.2, 0.25) is 0 Å². The van der Waals surface area contributed by atoms with Crippen molar-refractivity contribution in [3.8, 4) is 11.1 Å². The fourth-order valence-corrected chi connectivity index (χ4v) is 6.09. The van der Waals surface area contributed by atoms with E-state index in [-0.39, 0.29) is 4.90 Å². The first kappa shape index (κ1) is 25.8. The van der Waals surface area contributed by atoms with Gasteiger partial charge in [-0.1, -0.05) is 62.4 Å². The van der Waals surface area contributed by atoms with Gasteiger partial charge in [0.1, 0.15) is 5.76 Å². The first-order chi connectivity index (χ1) is 17.2. The van der Waals surface area contributed by atoms with Crippen LogP contribution in [0.15, 0.2) is 88.2 Å². The summed E-state index contributed by atoms with van der Waals surface area (Å²) in [7, 11) is -2.22. The van der Waals surface area contributed by atoms with Gasteiger partial charge < -0.3 is 9.84 Å². The Morgan fingerprint density at radius 3 is 2.47 bits per heavy atom. The van der Waals surface area contributed by atoms with E-state index in [0.717, 1.165) is 41.5 Å². The molecule has 0 unspecified atom stereocenters. The average Bonchev–Trinajstić information content (AvgIpc) is 3.10. The van der Waals surface area contributed by atoms with Crippen molar-refractivity contribution in [2.24, 2.45) is 0 Å². The minimum absolute atomic E-state index is 0.238. The molecule has 0 heterocycles. The summed E-state index contributed by atoms with van der Waals surface area (Å²) in [6.07, 6.45) is 7.42. The Hall–Kier alpha value is -3.32. The molecule has 2 aromatic rings. The van der Waals surface area contributed by atoms with Crippen LogP contribution < -0.4 is 0 Å². The van der Waals surface area contributed by atoms with E-state index in [1.54, 1.807) is 25.2 Å². The number of rotatable bonds is 8. The normalized spacial score (nSPS) is 16.1. The Bertz CT molecular complexity index is 1350. The predicted molar refractivity (Wildman–Crippen MR) is 141 cm³/mol. The second-order valence-electron chi connectivity index (χ2n) is 9.54. The summed E-state index contributed by atoms with van der Waals surface area (Å²) in [5.74, 6) is -0.0375. The molecule has 0 fully saturated rings. The number of carboxylic acids is 1. The zero-order chi connectivity index (χ0) is 25.9. The van der Waals surface area contributed by atoms with Gasteiger partial charge >= 0.3 is 5.97 Å². The fourth-order valence-electron chi connectivity index (χ4n) is 4.77. The molecule has 0 amide bonds. The van der Waals surface area contributed by atoms with Gasteiger partial charge in [0, 0.05) is 24.7 Å². The molecule has 190 valence electrons. The maximum Gasteiger partial charge on any atom is 0.341 e. The first-order valence-corrected chi connectivity index (χ1v) is 13.8. The van der Waals surface area contributed by atoms with Gasteiger partial charge in [-0.05, 0) is 66.0 Å². The lowest BCUT2D eigenvalue weighted by Crippen LogP contribution is -2.28. The Morgan fingerprint density at radius 1 is 1.06 bits per heavy atom. The maximum atomic E-state index is 13.8. The van der Waals surface area contributed by atoms with Gasteiger partial charge in [0.05, 0.1) is 4.90 Å². The molecule has 0 saturated heterocycles. The van der Waals surface area contributed by atoms with Crippen molar-refractivity contribution < 1.29 is 23.1 Å². The van der Waals surface area contributed by atoms with Crippen LogP contribution in [-0.4, -0.2) is 37.5 Å². The van der Waals surface area contributed by atoms with E-state index < -0.39 is 22.6 Å². The molecular formula is C29H33NO5S. The standard InChI is InChI=1S/C29H33NO5S/c1-20(2)21-9-6-10-22(17-21)23-11-7-12-24(18-23)36(33,34)30(3)27-15-5-4-13-26-25(27)14-8-16-28(26)35-19-29(31)32/h6-12,14,17-18,20H,4-5,13,15-16,19H2,1-3H3,(H,31,32). The molecule has 2 aliphatic carbocycles. The number of allylic oxidation sites excluding steroid dienone is 5. The molecule has 6 nitrogen and oxygen atoms in total. The summed E-state index contributed by atoms with van der Waals surface area (Å²) in [6.45, 7) is 3.86. The summed E-state index contributed by atoms with van der Waals surface area (Å²) in [6, 6.07) is 15.3. The van der Waals surface area contributed by atoms with E-state index in [4.69, 9.17) is 9.84 Å². The van der Waals surface area contributed by atoms with Crippen LogP contribution in [0.5, 0.6) is 0 Å². The molecule has 0 bridgehead atoms. The van der Waals surface area contributed by atoms with E-state index in [2.05, 4.69) is 26.0 Å². The zero-order valence-electron chi connectivity index (χ0n) is 21.0. The van der Waals surface area contributed by atoms with Crippen LogP contribution in [0, 0.1) is 0 Å². The molecule has 36 heavy (non-hydrogen) atoms. The molecule has 0 aromatic heterocycles. The minimum atomic E-state index is -3.82. The third kappa shape index (κ3) is 5.41. The second kappa shape index (κ2) is 10.7. The number of sulfonamides is 1. The molecule has 4 rings (SSSR count). The van der Waals surface area contributed by atoms with Crippen LogP contribution in [0.2, 0.25) is 0 Å². The summed E-state index contributed by atoms with van der Waals surface area (Å²) in [5.41, 5.74) is 5.49. The van der Waals surface area contributed by atoms with E-state index in [1.165, 1.54) is 9.87 Å². The van der Waals surface area contributed by atoms with Gasteiger partial charge in [-0.2, -0.15) is 0 Å². The van der Waals surface area contributed by atoms with Crippen molar-refractivity contribution in [1.82, 2.24) is 4.31 Å². The molecule has 0 aliphatic heterocycles. The highest BCUT2D eigenvalue weighted by molar-refractivity contribution is 7.89. The summed E-state index contributed by atoms with van der Waals surface area (Å²) in [5, 5.41) is 9.05. The largest absolute Gasteiger partial charge is 0.486 e. The number of hydrogen-bond donors (Lipinski definition) is 1. The molecule has 7 heteroatoms. The molecule has 2 aliphatic rings. The van der Waals surface area contributed by atoms with Crippen molar-refractivity contribution in [2.75, 3.05) is 13.7 Å². The van der Waals surface area contributed by atoms with Crippen molar-refractivity contribution in [3.05, 3.63) is 88.8 Å². The van der Waals surface area contributed by atoms with Crippen LogP contribution in [0.4, 0.5) is 0 Å². The van der Waals surface area contributed by atoms with E-state index in [1.807, 2.05) is 30.4 Å². The number of carbonyl (C=O) groups is 1. The van der Waals surface area contributed by atoms with Crippen molar-refractivity contribution >= 4 is 16.0 Å². The number of aliphatic carboxylic acids is 1. The Kier molecular flexibility index (Phi) is 7.69. The number of nitrogens with zero attached hydrogens (tertiary/aromatic N) is 1. The van der Waals surface area contributed by atoms with Gasteiger partial charge in [0.25, 0.3) is 10.0 Å². The van der Waals surface area contributed by atoms with Gasteiger partial charge in [-0.25, -0.2) is 13.2 Å². The van der Waals surface area contributed by atoms with Crippen molar-refractivity contribution in [1.29, 1.82) is 0 Å². The van der Waals surface area contributed by atoms with E-state index in [0.29, 0.717) is 30.2 Å². The number of hydrogen-bond acceptors (Lipinski definition) is 4. The SMILES string of the molecule is CC(C)c1cccc(-c2cccc(S(=O)(=O)N(C)C3=C4C=CCC(OCC(=O)O)=C4CCCC3)c2)c1. The first-order valence-electron chi connectivity index (χ1n) is 12.3. The van der Waals surface area contributed by atoms with Gasteiger partial charge in [0.15, 0.2) is 6.61 Å². The van der Waals surface area contributed by atoms with E-state index in [9.17, 15) is 13.2 Å². The van der Waals surface area contributed by atoms with Crippen LogP contribution in [0.25, 0.3) is 11.1 Å². The zero-order valence-corrected chi connectivity index (χ0v) is 21.8. The highest BCUT2D eigenvalue weighted by Gasteiger charge is 2.29. The predicted octanol–water partition coefficient (Wildman–Crippen LogP) is 6.24. The van der Waals surface area contributed by atoms with E-state index >= 15 is 0 Å². The highest BCUT2D eigenvalue weighted by Crippen LogP contribution is 2.38. The Morgan fingerprint density at radius 2 is 1.75 bits per heavy atom. The van der Waals surface area contributed by atoms with Gasteiger partial charge in [-0.3, -0.25) is 4.31 Å². The minimum Gasteiger partial charge on any atom is -0.486 e. The summed E-state index contributed by atoms with van der Waals surface area (Å²) < 4.78 is 34.6. The van der Waals surface area contributed by atoms with Gasteiger partial charge in [-0.15, -0.1) is 0 Å². The molecule has 0 spiro atoms. The molecule has 1 N–H and O–H groups in total. The van der Waals surface area contributed by atoms with Crippen LogP contribution in [0.3, 0.4) is 0 Å². The summed E-state index contributed by atoms with van der Waals surface area (Å²) >= 11 is 0. The summed E-state index contributed by atoms with van der Waals surface area (Å²) in [4.78, 5) is 11.3. The molecule has 0 radical (unpaired) electrons. The smallest absolute Gasteiger partial charge is 0.341 e. The molecule has 2 aromatic carbocycles. The number of benzene rings is 2. The Balaban J connectivity index is 1.72. The number of ether oxygens (including phenoxy) is 1.